The van der Waals surface area contributed by atoms with E-state index < -0.39 is 17.3 Å². The van der Waals surface area contributed by atoms with E-state index in [0.717, 1.165) is 23.0 Å². The third-order valence-corrected chi connectivity index (χ3v) is 5.93. The quantitative estimate of drug-likeness (QED) is 0.181. The zero-order valence-electron chi connectivity index (χ0n) is 18.5. The largest absolute Gasteiger partial charge is 0.515 e. The number of nitriles is 1. The summed E-state index contributed by atoms with van der Waals surface area (Å²) in [6.07, 6.45) is 0.732. The highest BCUT2D eigenvalue weighted by atomic mass is 19.1. The van der Waals surface area contributed by atoms with Crippen LogP contribution in [-0.2, 0) is 10.3 Å². The van der Waals surface area contributed by atoms with Crippen molar-refractivity contribution in [2.75, 3.05) is 6.61 Å². The van der Waals surface area contributed by atoms with E-state index >= 15 is 0 Å². The van der Waals surface area contributed by atoms with E-state index in [-0.39, 0.29) is 17.7 Å². The Morgan fingerprint density at radius 2 is 1.24 bits per heavy atom. The molecule has 4 aromatic carbocycles. The van der Waals surface area contributed by atoms with Crippen molar-refractivity contribution < 1.29 is 14.2 Å². The predicted molar refractivity (Wildman–Crippen MR) is 131 cm³/mol. The van der Waals surface area contributed by atoms with Gasteiger partial charge in [-0.15, -0.1) is 0 Å². The van der Waals surface area contributed by atoms with Gasteiger partial charge in [0.25, 0.3) is 0 Å². The van der Waals surface area contributed by atoms with Gasteiger partial charge in [0, 0.05) is 5.92 Å². The lowest BCUT2D eigenvalue weighted by Gasteiger charge is -2.37. The van der Waals surface area contributed by atoms with Crippen LogP contribution < -0.4 is 0 Å². The molecule has 4 aromatic rings. The molecule has 0 heterocycles. The fourth-order valence-corrected chi connectivity index (χ4v) is 4.28. The van der Waals surface area contributed by atoms with Crippen LogP contribution in [0.1, 0.15) is 28.2 Å². The number of rotatable bonds is 8. The molecule has 0 radical (unpaired) electrons. The van der Waals surface area contributed by atoms with Gasteiger partial charge in [0.1, 0.15) is 11.4 Å². The standard InChI is InChI=1S/C30H24FNO2/c31-29-19-11-10-18-27(29)28(23(20-32)21-33)22-34-30(24-12-4-1-5-13-24,25-14-6-2-7-15-25)26-16-8-3-9-17-26/h1-19,21,28,33H,22H2/b23-21+/t28-/m1/s1. The highest BCUT2D eigenvalue weighted by Crippen LogP contribution is 2.42. The number of ether oxygens (including phenoxy) is 1. The van der Waals surface area contributed by atoms with Crippen molar-refractivity contribution in [3.63, 3.8) is 0 Å². The van der Waals surface area contributed by atoms with Crippen LogP contribution in [0.5, 0.6) is 0 Å². The van der Waals surface area contributed by atoms with Crippen LogP contribution in [0.2, 0.25) is 0 Å². The molecule has 0 spiro atoms. The lowest BCUT2D eigenvalue weighted by Crippen LogP contribution is -2.34. The Bertz CT molecular complexity index is 1190. The van der Waals surface area contributed by atoms with E-state index in [0.29, 0.717) is 0 Å². The Balaban J connectivity index is 1.89. The monoisotopic (exact) mass is 449 g/mol. The second-order valence-corrected chi connectivity index (χ2v) is 7.86. The van der Waals surface area contributed by atoms with Gasteiger partial charge in [0.05, 0.1) is 24.5 Å². The summed E-state index contributed by atoms with van der Waals surface area (Å²) in [4.78, 5) is 0. The minimum Gasteiger partial charge on any atom is -0.515 e. The molecule has 0 aliphatic rings. The molecule has 0 aliphatic heterocycles. The Labute approximate surface area is 199 Å². The maximum atomic E-state index is 14.8. The predicted octanol–water partition coefficient (Wildman–Crippen LogP) is 6.88. The van der Waals surface area contributed by atoms with E-state index in [1.165, 1.54) is 6.07 Å². The zero-order chi connectivity index (χ0) is 23.8. The van der Waals surface area contributed by atoms with Crippen molar-refractivity contribution in [1.29, 1.82) is 5.26 Å². The Hall–Kier alpha value is -4.20. The van der Waals surface area contributed by atoms with Crippen molar-refractivity contribution >= 4 is 0 Å². The molecule has 1 N–H and O–H groups in total. The molecule has 0 aromatic heterocycles. The van der Waals surface area contributed by atoms with Gasteiger partial charge >= 0.3 is 0 Å². The van der Waals surface area contributed by atoms with Crippen molar-refractivity contribution in [2.45, 2.75) is 11.5 Å². The molecule has 0 bridgehead atoms. The highest BCUT2D eigenvalue weighted by Gasteiger charge is 2.39. The summed E-state index contributed by atoms with van der Waals surface area (Å²) in [5.41, 5.74) is 1.97. The molecule has 3 nitrogen and oxygen atoms in total. The number of hydrogen-bond acceptors (Lipinski definition) is 3. The Morgan fingerprint density at radius 1 is 0.794 bits per heavy atom. The van der Waals surface area contributed by atoms with Crippen molar-refractivity contribution in [1.82, 2.24) is 0 Å². The van der Waals surface area contributed by atoms with E-state index in [9.17, 15) is 14.8 Å². The molecule has 1 atom stereocenters. The van der Waals surface area contributed by atoms with E-state index in [4.69, 9.17) is 4.74 Å². The number of aliphatic hydroxyl groups excluding tert-OH is 1. The molecule has 0 saturated carbocycles. The van der Waals surface area contributed by atoms with Crippen LogP contribution >= 0.6 is 0 Å². The molecule has 4 rings (SSSR count). The van der Waals surface area contributed by atoms with Crippen molar-refractivity contribution in [3.8, 4) is 6.07 Å². The molecular weight excluding hydrogens is 425 g/mol. The van der Waals surface area contributed by atoms with E-state index in [2.05, 4.69) is 0 Å². The third-order valence-electron chi connectivity index (χ3n) is 5.93. The van der Waals surface area contributed by atoms with Crippen LogP contribution in [0.25, 0.3) is 0 Å². The lowest BCUT2D eigenvalue weighted by atomic mass is 9.79. The summed E-state index contributed by atoms with van der Waals surface area (Å²) in [5.74, 6) is -1.26. The third kappa shape index (κ3) is 4.47. The van der Waals surface area contributed by atoms with E-state index in [1.807, 2.05) is 97.1 Å². The van der Waals surface area contributed by atoms with Crippen molar-refractivity contribution in [3.05, 3.63) is 155 Å². The average Bonchev–Trinajstić information content (AvgIpc) is 2.91. The minimum absolute atomic E-state index is 0.0215. The molecule has 168 valence electrons. The SMILES string of the molecule is N#C/C(=C\O)[C@@H](COC(c1ccccc1)(c1ccccc1)c1ccccc1)c1ccccc1F. The smallest absolute Gasteiger partial charge is 0.143 e. The van der Waals surface area contributed by atoms with Crippen molar-refractivity contribution in [2.24, 2.45) is 0 Å². The molecule has 0 aliphatic carbocycles. The average molecular weight is 450 g/mol. The van der Waals surface area contributed by atoms with Crippen LogP contribution in [0.3, 0.4) is 0 Å². The number of hydrogen-bond donors (Lipinski definition) is 1. The van der Waals surface area contributed by atoms with Gasteiger partial charge in [-0.05, 0) is 28.3 Å². The summed E-state index contributed by atoms with van der Waals surface area (Å²) in [7, 11) is 0. The Kier molecular flexibility index (Phi) is 7.17. The second kappa shape index (κ2) is 10.6. The topological polar surface area (TPSA) is 53.2 Å². The van der Waals surface area contributed by atoms with E-state index in [1.54, 1.807) is 18.2 Å². The Morgan fingerprint density at radius 3 is 1.65 bits per heavy atom. The maximum Gasteiger partial charge on any atom is 0.143 e. The van der Waals surface area contributed by atoms with Crippen LogP contribution in [0, 0.1) is 17.1 Å². The number of halogens is 1. The van der Waals surface area contributed by atoms with Crippen LogP contribution in [0.4, 0.5) is 4.39 Å². The second-order valence-electron chi connectivity index (χ2n) is 7.86. The molecular formula is C30H24FNO2. The normalized spacial score (nSPS) is 12.6. The zero-order valence-corrected chi connectivity index (χ0v) is 18.5. The first-order valence-corrected chi connectivity index (χ1v) is 11.0. The minimum atomic E-state index is -1.02. The first-order valence-electron chi connectivity index (χ1n) is 11.0. The fraction of sp³-hybridized carbons (Fsp3) is 0.100. The van der Waals surface area contributed by atoms with Gasteiger partial charge in [0.2, 0.25) is 0 Å². The highest BCUT2D eigenvalue weighted by molar-refractivity contribution is 5.48. The molecule has 0 amide bonds. The summed E-state index contributed by atoms with van der Waals surface area (Å²) in [6, 6.07) is 37.7. The number of aliphatic hydroxyl groups is 1. The van der Waals surface area contributed by atoms with Crippen LogP contribution in [0.15, 0.2) is 127 Å². The molecule has 0 saturated heterocycles. The molecule has 0 unspecified atom stereocenters. The maximum absolute atomic E-state index is 14.8. The van der Waals surface area contributed by atoms with Gasteiger partial charge in [0.15, 0.2) is 0 Å². The number of nitrogens with zero attached hydrogens (tertiary/aromatic N) is 1. The van der Waals surface area contributed by atoms with Gasteiger partial charge < -0.3 is 9.84 Å². The summed E-state index contributed by atoms with van der Waals surface area (Å²) in [6.45, 7) is -0.0421. The molecule has 4 heteroatoms. The fourth-order valence-electron chi connectivity index (χ4n) is 4.28. The summed E-state index contributed by atoms with van der Waals surface area (Å²) >= 11 is 0. The lowest BCUT2D eigenvalue weighted by molar-refractivity contribution is 0.00804. The summed E-state index contributed by atoms with van der Waals surface area (Å²) in [5, 5.41) is 19.4. The first kappa shape index (κ1) is 23.0. The van der Waals surface area contributed by atoms with Gasteiger partial charge in [-0.25, -0.2) is 4.39 Å². The molecule has 0 fully saturated rings. The first-order chi connectivity index (χ1) is 16.7. The molecule has 34 heavy (non-hydrogen) atoms. The van der Waals surface area contributed by atoms with Crippen LogP contribution in [-0.4, -0.2) is 11.7 Å². The number of benzene rings is 4. The van der Waals surface area contributed by atoms with Gasteiger partial charge in [-0.2, -0.15) is 5.26 Å². The summed E-state index contributed by atoms with van der Waals surface area (Å²) < 4.78 is 21.6. The van der Waals surface area contributed by atoms with Gasteiger partial charge in [-0.3, -0.25) is 0 Å². The van der Waals surface area contributed by atoms with Gasteiger partial charge in [-0.1, -0.05) is 109 Å².